The van der Waals surface area contributed by atoms with Crippen LogP contribution < -0.4 is 5.32 Å². The Labute approximate surface area is 165 Å². The van der Waals surface area contributed by atoms with Crippen molar-refractivity contribution >= 4 is 17.6 Å². The lowest BCUT2D eigenvalue weighted by Crippen LogP contribution is -2.66. The highest BCUT2D eigenvalue weighted by Crippen LogP contribution is 2.30. The number of carbonyl (C=O) groups is 2. The van der Waals surface area contributed by atoms with Crippen LogP contribution in [0.1, 0.15) is 18.1 Å². The van der Waals surface area contributed by atoms with Crippen molar-refractivity contribution in [1.82, 2.24) is 25.0 Å². The number of nitrogens with one attached hydrogen (secondary N) is 1. The molecule has 28 heavy (non-hydrogen) atoms. The van der Waals surface area contributed by atoms with Gasteiger partial charge in [-0.25, -0.2) is 9.69 Å². The summed E-state index contributed by atoms with van der Waals surface area (Å²) >= 11 is 0. The topological polar surface area (TPSA) is 71.5 Å². The van der Waals surface area contributed by atoms with E-state index in [1.54, 1.807) is 18.0 Å². The van der Waals surface area contributed by atoms with E-state index in [0.717, 1.165) is 16.8 Å². The molecule has 1 N–H and O–H groups in total. The Kier molecular flexibility index (Phi) is 4.68. The lowest BCUT2D eigenvalue weighted by Gasteiger charge is -2.42. The Morgan fingerprint density at radius 1 is 1.25 bits per heavy atom. The molecule has 3 amide bonds. The lowest BCUT2D eigenvalue weighted by atomic mass is 10.1. The van der Waals surface area contributed by atoms with Gasteiger partial charge in [0.2, 0.25) is 0 Å². The molecule has 3 heterocycles. The minimum Gasteiger partial charge on any atom is -0.310 e. The summed E-state index contributed by atoms with van der Waals surface area (Å²) < 4.78 is 0. The molecular weight excluding hydrogens is 356 g/mol. The molecular formula is C20H26N6O2. The molecule has 8 nitrogen and oxygen atoms in total. The smallest absolute Gasteiger partial charge is 0.310 e. The van der Waals surface area contributed by atoms with Gasteiger partial charge in [0.15, 0.2) is 6.29 Å². The van der Waals surface area contributed by atoms with Gasteiger partial charge in [0.1, 0.15) is 12.2 Å². The monoisotopic (exact) mass is 382 g/mol. The average Bonchev–Trinajstić information content (AvgIpc) is 3.05. The predicted molar refractivity (Wildman–Crippen MR) is 106 cm³/mol. The Morgan fingerprint density at radius 2 is 1.96 bits per heavy atom. The molecule has 0 aromatic heterocycles. The van der Waals surface area contributed by atoms with Crippen molar-refractivity contribution in [2.75, 3.05) is 20.1 Å². The minimum absolute atomic E-state index is 0.170. The van der Waals surface area contributed by atoms with Crippen LogP contribution in [-0.4, -0.2) is 76.0 Å². The summed E-state index contributed by atoms with van der Waals surface area (Å²) in [6.45, 7) is 9.17. The summed E-state index contributed by atoms with van der Waals surface area (Å²) in [6.07, 6.45) is 1.16. The van der Waals surface area contributed by atoms with Crippen LogP contribution in [-0.2, 0) is 11.3 Å². The van der Waals surface area contributed by atoms with Crippen molar-refractivity contribution in [3.63, 3.8) is 0 Å². The summed E-state index contributed by atoms with van der Waals surface area (Å²) in [5, 5.41) is 9.87. The van der Waals surface area contributed by atoms with Gasteiger partial charge in [-0.3, -0.25) is 20.0 Å². The number of hydrazone groups is 1. The van der Waals surface area contributed by atoms with Gasteiger partial charge in [-0.2, -0.15) is 5.10 Å². The highest BCUT2D eigenvalue weighted by atomic mass is 16.2. The number of aryl methyl sites for hydroxylation is 1. The van der Waals surface area contributed by atoms with Crippen LogP contribution in [0.15, 0.2) is 42.0 Å². The lowest BCUT2D eigenvalue weighted by molar-refractivity contribution is -0.139. The molecule has 3 aliphatic heterocycles. The van der Waals surface area contributed by atoms with Crippen molar-refractivity contribution in [2.24, 2.45) is 5.10 Å². The molecule has 3 unspecified atom stereocenters. The fourth-order valence-corrected chi connectivity index (χ4v) is 4.14. The maximum absolute atomic E-state index is 13.4. The summed E-state index contributed by atoms with van der Waals surface area (Å²) in [5.74, 6) is -0.170. The van der Waals surface area contributed by atoms with E-state index in [1.807, 2.05) is 43.1 Å². The normalized spacial score (nSPS) is 27.6. The second kappa shape index (κ2) is 7.03. The molecule has 3 aliphatic rings. The number of urea groups is 1. The maximum atomic E-state index is 13.4. The molecule has 148 valence electrons. The Morgan fingerprint density at radius 3 is 2.64 bits per heavy atom. The largest absolute Gasteiger partial charge is 0.328 e. The Hall–Kier alpha value is -2.71. The van der Waals surface area contributed by atoms with Crippen molar-refractivity contribution in [3.05, 3.63) is 48.0 Å². The first-order chi connectivity index (χ1) is 13.4. The van der Waals surface area contributed by atoms with E-state index in [9.17, 15) is 9.59 Å². The molecule has 0 aliphatic carbocycles. The maximum Gasteiger partial charge on any atom is 0.328 e. The molecule has 1 aromatic rings. The number of imide groups is 1. The Balaban J connectivity index is 1.62. The van der Waals surface area contributed by atoms with Gasteiger partial charge in [0, 0.05) is 19.3 Å². The molecule has 1 aromatic carbocycles. The summed E-state index contributed by atoms with van der Waals surface area (Å²) in [7, 11) is 1.74. The van der Waals surface area contributed by atoms with E-state index in [4.69, 9.17) is 0 Å². The molecule has 4 rings (SSSR count). The molecule has 0 saturated carbocycles. The van der Waals surface area contributed by atoms with Crippen LogP contribution in [0, 0.1) is 6.92 Å². The minimum atomic E-state index is -0.448. The Bertz CT molecular complexity index is 836. The van der Waals surface area contributed by atoms with E-state index >= 15 is 0 Å². The van der Waals surface area contributed by atoms with Crippen LogP contribution in [0.3, 0.4) is 0 Å². The van der Waals surface area contributed by atoms with Gasteiger partial charge in [0.25, 0.3) is 5.91 Å². The number of likely N-dealkylation sites (N-methyl/N-ethyl adjacent to an activating group) is 1. The van der Waals surface area contributed by atoms with E-state index in [2.05, 4.69) is 21.9 Å². The van der Waals surface area contributed by atoms with Gasteiger partial charge in [-0.1, -0.05) is 35.9 Å². The summed E-state index contributed by atoms with van der Waals surface area (Å²) in [5.41, 5.74) is 3.01. The van der Waals surface area contributed by atoms with Crippen LogP contribution in [0.5, 0.6) is 0 Å². The van der Waals surface area contributed by atoms with E-state index in [1.165, 1.54) is 4.90 Å². The number of carbonyl (C=O) groups excluding carboxylic acids is 2. The van der Waals surface area contributed by atoms with E-state index < -0.39 is 6.04 Å². The van der Waals surface area contributed by atoms with Crippen molar-refractivity contribution in [3.8, 4) is 0 Å². The molecule has 8 heteroatoms. The first-order valence-electron chi connectivity index (χ1n) is 9.48. The predicted octanol–water partition coefficient (Wildman–Crippen LogP) is 1.15. The van der Waals surface area contributed by atoms with Crippen LogP contribution in [0.4, 0.5) is 4.79 Å². The number of nitrogens with zero attached hydrogens (tertiary/aromatic N) is 5. The number of benzene rings is 1. The van der Waals surface area contributed by atoms with Gasteiger partial charge in [-0.15, -0.1) is 6.58 Å². The van der Waals surface area contributed by atoms with E-state index in [-0.39, 0.29) is 30.9 Å². The fraction of sp³-hybridized carbons (Fsp3) is 0.450. The highest BCUT2D eigenvalue weighted by molar-refractivity contribution is 6.01. The van der Waals surface area contributed by atoms with Crippen LogP contribution in [0.2, 0.25) is 0 Å². The van der Waals surface area contributed by atoms with Crippen LogP contribution in [0.25, 0.3) is 0 Å². The second-order valence-corrected chi connectivity index (χ2v) is 7.65. The quantitative estimate of drug-likeness (QED) is 0.791. The molecule has 0 bridgehead atoms. The zero-order chi connectivity index (χ0) is 20.0. The zero-order valence-corrected chi connectivity index (χ0v) is 16.5. The van der Waals surface area contributed by atoms with Gasteiger partial charge >= 0.3 is 6.03 Å². The van der Waals surface area contributed by atoms with Gasteiger partial charge in [-0.05, 0) is 19.4 Å². The van der Waals surface area contributed by atoms with Crippen LogP contribution >= 0.6 is 0 Å². The molecule has 3 atom stereocenters. The molecule has 0 spiro atoms. The van der Waals surface area contributed by atoms with Crippen molar-refractivity contribution in [1.29, 1.82) is 0 Å². The fourth-order valence-electron chi connectivity index (χ4n) is 4.14. The molecule has 2 saturated heterocycles. The number of hydrogen-bond donors (Lipinski definition) is 1. The standard InChI is InChI=1S/C20H26N6O2/c1-5-10-26-19-21-17-16(24(19)11-14(3)22-26)18(27)25(20(28)23(17)4)12-15-8-6-13(2)7-9-15/h5-9,16-17,19,21H,1,10-12H2,2-4H3. The zero-order valence-electron chi connectivity index (χ0n) is 16.5. The third-order valence-corrected chi connectivity index (χ3v) is 5.53. The number of amides is 3. The highest BCUT2D eigenvalue weighted by Gasteiger charge is 2.56. The first kappa shape index (κ1) is 18.6. The number of rotatable bonds is 4. The average molecular weight is 382 g/mol. The SMILES string of the molecule is C=CCN1N=C(C)CN2C3C(=O)N(Cc4ccc(C)cc4)C(=O)N(C)C3NC12. The first-order valence-corrected chi connectivity index (χ1v) is 9.48. The summed E-state index contributed by atoms with van der Waals surface area (Å²) in [4.78, 5) is 31.4. The van der Waals surface area contributed by atoms with Crippen molar-refractivity contribution < 1.29 is 9.59 Å². The third kappa shape index (κ3) is 2.98. The van der Waals surface area contributed by atoms with Crippen molar-refractivity contribution in [2.45, 2.75) is 38.9 Å². The number of hydrogen-bond acceptors (Lipinski definition) is 6. The number of fused-ring (bicyclic) bond motifs is 3. The van der Waals surface area contributed by atoms with Gasteiger partial charge in [0.05, 0.1) is 13.1 Å². The van der Waals surface area contributed by atoms with Gasteiger partial charge < -0.3 is 4.90 Å². The summed E-state index contributed by atoms with van der Waals surface area (Å²) in [6, 6.07) is 7.17. The third-order valence-electron chi connectivity index (χ3n) is 5.53. The van der Waals surface area contributed by atoms with E-state index in [0.29, 0.717) is 13.1 Å². The molecule has 2 fully saturated rings. The second-order valence-electron chi connectivity index (χ2n) is 7.65. The molecule has 0 radical (unpaired) electrons.